The van der Waals surface area contributed by atoms with Crippen LogP contribution in [0.3, 0.4) is 0 Å². The first-order valence-electron chi connectivity index (χ1n) is 15.8. The molecule has 0 bridgehead atoms. The fourth-order valence-corrected chi connectivity index (χ4v) is 7.69. The van der Waals surface area contributed by atoms with Gasteiger partial charge in [0.25, 0.3) is 5.91 Å². The van der Waals surface area contributed by atoms with Crippen LogP contribution in [0.15, 0.2) is 36.4 Å². The SMILES string of the molecule is CCS(=O)(=O)NC(=O)Cc1ccc(O[C@@H]2CC[C@@H](NC(=O)[C@]3(F)CNC4(CCC4)C3)C2)c(-c2cccc(F)c2C2CCC2)c1. The number of benzene rings is 2. The van der Waals surface area contributed by atoms with Gasteiger partial charge in [0.1, 0.15) is 17.7 Å². The fraction of sp³-hybridized carbons (Fsp3) is 0.576. The highest BCUT2D eigenvalue weighted by Gasteiger charge is 2.55. The van der Waals surface area contributed by atoms with Crippen LogP contribution in [0.2, 0.25) is 0 Å². The first kappa shape index (κ1) is 31.0. The highest BCUT2D eigenvalue weighted by atomic mass is 32.2. The van der Waals surface area contributed by atoms with Crippen molar-refractivity contribution in [1.82, 2.24) is 15.4 Å². The molecule has 1 heterocycles. The summed E-state index contributed by atoms with van der Waals surface area (Å²) in [4.78, 5) is 25.5. The summed E-state index contributed by atoms with van der Waals surface area (Å²) < 4.78 is 63.2. The number of hydrogen-bond donors (Lipinski definition) is 3. The number of amides is 2. The topological polar surface area (TPSA) is 114 Å². The number of carbonyl (C=O) groups is 2. The van der Waals surface area contributed by atoms with Crippen LogP contribution in [-0.2, 0) is 26.0 Å². The van der Waals surface area contributed by atoms with E-state index < -0.39 is 27.5 Å². The zero-order valence-electron chi connectivity index (χ0n) is 25.1. The van der Waals surface area contributed by atoms with Gasteiger partial charge < -0.3 is 15.4 Å². The molecule has 0 aromatic heterocycles. The smallest absolute Gasteiger partial charge is 0.259 e. The second kappa shape index (κ2) is 12.0. The van der Waals surface area contributed by atoms with Crippen molar-refractivity contribution in [3.8, 4) is 16.9 Å². The van der Waals surface area contributed by atoms with Crippen molar-refractivity contribution >= 4 is 21.8 Å². The Morgan fingerprint density at radius 3 is 2.52 bits per heavy atom. The third-order valence-electron chi connectivity index (χ3n) is 10.0. The molecule has 1 aliphatic heterocycles. The van der Waals surface area contributed by atoms with E-state index in [-0.39, 0.29) is 54.6 Å². The Morgan fingerprint density at radius 2 is 1.86 bits per heavy atom. The Morgan fingerprint density at radius 1 is 1.07 bits per heavy atom. The van der Waals surface area contributed by atoms with Gasteiger partial charge in [0.05, 0.1) is 12.2 Å². The van der Waals surface area contributed by atoms with Gasteiger partial charge in [-0.2, -0.15) is 0 Å². The molecule has 3 N–H and O–H groups in total. The molecule has 2 aromatic rings. The summed E-state index contributed by atoms with van der Waals surface area (Å²) in [6.45, 7) is 1.50. The second-order valence-corrected chi connectivity index (χ2v) is 15.1. The number of ether oxygens (including phenoxy) is 1. The zero-order chi connectivity index (χ0) is 31.1. The van der Waals surface area contributed by atoms with Crippen LogP contribution in [0.1, 0.15) is 88.2 Å². The van der Waals surface area contributed by atoms with Gasteiger partial charge >= 0.3 is 0 Å². The summed E-state index contributed by atoms with van der Waals surface area (Å²) in [7, 11) is -3.70. The lowest BCUT2D eigenvalue weighted by Crippen LogP contribution is -2.49. The van der Waals surface area contributed by atoms with Gasteiger partial charge in [-0.3, -0.25) is 14.3 Å². The molecular weight excluding hydrogens is 588 g/mol. The third kappa shape index (κ3) is 6.36. The Kier molecular flexibility index (Phi) is 8.47. The normalized spacial score (nSPS) is 26.2. The maximum Gasteiger partial charge on any atom is 0.259 e. The average Bonchev–Trinajstić information content (AvgIpc) is 3.54. The van der Waals surface area contributed by atoms with Crippen molar-refractivity contribution in [2.75, 3.05) is 12.3 Å². The van der Waals surface area contributed by atoms with E-state index >= 15 is 8.78 Å². The number of alkyl halides is 1. The van der Waals surface area contributed by atoms with E-state index in [1.54, 1.807) is 24.3 Å². The van der Waals surface area contributed by atoms with Crippen molar-refractivity contribution in [3.05, 3.63) is 53.3 Å². The van der Waals surface area contributed by atoms with Crippen LogP contribution in [-0.4, -0.2) is 55.9 Å². The van der Waals surface area contributed by atoms with E-state index in [1.807, 2.05) is 6.07 Å². The van der Waals surface area contributed by atoms with Crippen LogP contribution in [0, 0.1) is 5.82 Å². The van der Waals surface area contributed by atoms with Gasteiger partial charge in [-0.1, -0.05) is 24.6 Å². The molecule has 0 unspecified atom stereocenters. The highest BCUT2D eigenvalue weighted by Crippen LogP contribution is 2.46. The molecule has 3 atom stereocenters. The second-order valence-electron chi connectivity index (χ2n) is 13.1. The molecule has 6 rings (SSSR count). The maximum absolute atomic E-state index is 15.6. The van der Waals surface area contributed by atoms with E-state index in [2.05, 4.69) is 15.4 Å². The number of hydrogen-bond acceptors (Lipinski definition) is 6. The zero-order valence-corrected chi connectivity index (χ0v) is 25.9. The van der Waals surface area contributed by atoms with Crippen LogP contribution in [0.25, 0.3) is 11.1 Å². The molecule has 1 saturated heterocycles. The molecule has 4 fully saturated rings. The van der Waals surface area contributed by atoms with E-state index in [0.717, 1.165) is 38.5 Å². The van der Waals surface area contributed by atoms with Gasteiger partial charge in [-0.25, -0.2) is 17.2 Å². The molecule has 2 aromatic carbocycles. The summed E-state index contributed by atoms with van der Waals surface area (Å²) in [5, 5.41) is 6.17. The van der Waals surface area contributed by atoms with Crippen molar-refractivity contribution in [3.63, 3.8) is 0 Å². The van der Waals surface area contributed by atoms with Gasteiger partial charge in [-0.05, 0) is 92.7 Å². The molecule has 4 aliphatic rings. The first-order valence-corrected chi connectivity index (χ1v) is 17.5. The highest BCUT2D eigenvalue weighted by molar-refractivity contribution is 7.90. The molecule has 44 heavy (non-hydrogen) atoms. The lowest BCUT2D eigenvalue weighted by molar-refractivity contribution is -0.133. The standard InChI is InChI=1S/C33H41F2N3O5S/c1-2-44(41,42)38-29(39)17-21-10-13-28(26(16-21)25-8-4-9-27(34)30(25)22-6-3-7-22)43-24-12-11-23(18-24)37-31(40)33(35)19-32(36-20-33)14-5-15-32/h4,8-10,13,16,22-24,36H,2-3,5-7,11-12,14-15,17-20H2,1H3,(H,37,40)(H,38,39)/t23-,24-,33-/m1/s1. The van der Waals surface area contributed by atoms with Gasteiger partial charge in [0.15, 0.2) is 0 Å². The third-order valence-corrected chi connectivity index (χ3v) is 11.3. The largest absolute Gasteiger partial charge is 0.490 e. The van der Waals surface area contributed by atoms with Gasteiger partial charge in [0, 0.05) is 36.5 Å². The lowest BCUT2D eigenvalue weighted by Gasteiger charge is -2.38. The van der Waals surface area contributed by atoms with Crippen LogP contribution in [0.5, 0.6) is 5.75 Å². The summed E-state index contributed by atoms with van der Waals surface area (Å²) in [5.41, 5.74) is 0.385. The van der Waals surface area contributed by atoms with E-state index in [1.165, 1.54) is 13.0 Å². The summed E-state index contributed by atoms with van der Waals surface area (Å²) in [6.07, 6.45) is 7.28. The number of halogens is 2. The molecule has 3 saturated carbocycles. The predicted octanol–water partition coefficient (Wildman–Crippen LogP) is 4.81. The number of carbonyl (C=O) groups excluding carboxylic acids is 2. The Balaban J connectivity index is 1.20. The minimum absolute atomic E-state index is 0.0422. The molecule has 238 valence electrons. The minimum Gasteiger partial charge on any atom is -0.490 e. The van der Waals surface area contributed by atoms with Gasteiger partial charge in [-0.15, -0.1) is 0 Å². The summed E-state index contributed by atoms with van der Waals surface area (Å²) >= 11 is 0. The monoisotopic (exact) mass is 629 g/mol. The van der Waals surface area contributed by atoms with E-state index in [0.29, 0.717) is 47.3 Å². The van der Waals surface area contributed by atoms with Crippen LogP contribution < -0.4 is 20.1 Å². The average molecular weight is 630 g/mol. The van der Waals surface area contributed by atoms with Crippen LogP contribution >= 0.6 is 0 Å². The lowest BCUT2D eigenvalue weighted by atomic mass is 9.74. The van der Waals surface area contributed by atoms with E-state index in [9.17, 15) is 18.0 Å². The molecule has 2 amide bonds. The van der Waals surface area contributed by atoms with Gasteiger partial charge in [0.2, 0.25) is 21.6 Å². The summed E-state index contributed by atoms with van der Waals surface area (Å²) in [5.74, 6) is -1.10. The number of rotatable bonds is 10. The van der Waals surface area contributed by atoms with Crippen molar-refractivity contribution in [2.24, 2.45) is 0 Å². The Bertz CT molecular complexity index is 1540. The molecule has 11 heteroatoms. The predicted molar refractivity (Wildman–Crippen MR) is 163 cm³/mol. The molecular formula is C33H41F2N3O5S. The quantitative estimate of drug-likeness (QED) is 0.348. The maximum atomic E-state index is 15.6. The van der Waals surface area contributed by atoms with Crippen molar-refractivity contribution in [1.29, 1.82) is 0 Å². The molecule has 0 radical (unpaired) electrons. The fourth-order valence-electron chi connectivity index (χ4n) is 7.13. The Hall–Kier alpha value is -3.05. The van der Waals surface area contributed by atoms with Crippen molar-refractivity contribution < 1.29 is 31.5 Å². The Labute approximate surface area is 257 Å². The molecule has 1 spiro atoms. The molecule has 8 nitrogen and oxygen atoms in total. The molecule has 3 aliphatic carbocycles. The first-order chi connectivity index (χ1) is 21.0. The van der Waals surface area contributed by atoms with E-state index in [4.69, 9.17) is 4.74 Å². The number of sulfonamides is 1. The van der Waals surface area contributed by atoms with Crippen molar-refractivity contribution in [2.45, 2.75) is 107 Å². The minimum atomic E-state index is -3.70. The summed E-state index contributed by atoms with van der Waals surface area (Å²) in [6, 6.07) is 9.98. The van der Waals surface area contributed by atoms with Crippen LogP contribution in [0.4, 0.5) is 8.78 Å². The number of nitrogens with one attached hydrogen (secondary N) is 3.